The van der Waals surface area contributed by atoms with Crippen molar-refractivity contribution in [2.45, 2.75) is 51.9 Å². The Morgan fingerprint density at radius 3 is 2.62 bits per heavy atom. The monoisotopic (exact) mass is 180 g/mol. The van der Waals surface area contributed by atoms with Crippen LogP contribution in [0.2, 0.25) is 0 Å². The quantitative estimate of drug-likeness (QED) is 0.478. The molecule has 0 aromatic rings. The summed E-state index contributed by atoms with van der Waals surface area (Å²) in [6, 6.07) is 0. The highest BCUT2D eigenvalue weighted by molar-refractivity contribution is 5.49. The summed E-state index contributed by atoms with van der Waals surface area (Å²) in [4.78, 5) is 10.2. The molecule has 0 N–H and O–H groups in total. The Morgan fingerprint density at radius 1 is 1.31 bits per heavy atom. The van der Waals surface area contributed by atoms with Gasteiger partial charge in [-0.2, -0.15) is 0 Å². The lowest BCUT2D eigenvalue weighted by molar-refractivity contribution is -0.107. The number of carbonyl (C=O) groups excluding carboxylic acids is 1. The third-order valence-corrected chi connectivity index (χ3v) is 2.83. The van der Waals surface area contributed by atoms with Crippen LogP contribution in [0.15, 0.2) is 11.6 Å². The molecule has 1 aliphatic carbocycles. The van der Waals surface area contributed by atoms with Gasteiger partial charge in [0.15, 0.2) is 0 Å². The zero-order chi connectivity index (χ0) is 9.52. The minimum Gasteiger partial charge on any atom is -0.303 e. The van der Waals surface area contributed by atoms with E-state index in [0.29, 0.717) is 6.42 Å². The molecule has 1 nitrogen and oxygen atoms in total. The van der Waals surface area contributed by atoms with Crippen molar-refractivity contribution in [3.63, 3.8) is 0 Å². The molecule has 0 radical (unpaired) electrons. The van der Waals surface area contributed by atoms with Crippen molar-refractivity contribution >= 4 is 6.29 Å². The van der Waals surface area contributed by atoms with Crippen molar-refractivity contribution in [1.82, 2.24) is 0 Å². The molecule has 1 aliphatic rings. The molecule has 1 saturated carbocycles. The first-order chi connectivity index (χ1) is 6.33. The Labute approximate surface area is 81.2 Å². The highest BCUT2D eigenvalue weighted by Gasteiger charge is 2.10. The van der Waals surface area contributed by atoms with Gasteiger partial charge in [-0.3, -0.25) is 0 Å². The second-order valence-corrected chi connectivity index (χ2v) is 4.12. The number of hydrogen-bond acceptors (Lipinski definition) is 1. The van der Waals surface area contributed by atoms with E-state index in [2.05, 4.69) is 13.0 Å². The van der Waals surface area contributed by atoms with Crippen molar-refractivity contribution < 1.29 is 4.79 Å². The second kappa shape index (κ2) is 5.95. The number of aldehydes is 1. The van der Waals surface area contributed by atoms with Crippen molar-refractivity contribution in [1.29, 1.82) is 0 Å². The van der Waals surface area contributed by atoms with Gasteiger partial charge in [0.25, 0.3) is 0 Å². The normalized spacial score (nSPS) is 20.2. The molecule has 0 spiro atoms. The molecule has 0 unspecified atom stereocenters. The molecule has 0 atom stereocenters. The van der Waals surface area contributed by atoms with E-state index >= 15 is 0 Å². The van der Waals surface area contributed by atoms with Crippen LogP contribution in [0.5, 0.6) is 0 Å². The highest BCUT2D eigenvalue weighted by atomic mass is 16.1. The zero-order valence-electron chi connectivity index (χ0n) is 8.59. The first-order valence-corrected chi connectivity index (χ1v) is 5.44. The summed E-state index contributed by atoms with van der Waals surface area (Å²) >= 11 is 0. The molecule has 0 heterocycles. The first kappa shape index (κ1) is 10.5. The average Bonchev–Trinajstić information content (AvgIpc) is 2.16. The van der Waals surface area contributed by atoms with E-state index in [4.69, 9.17) is 0 Å². The van der Waals surface area contributed by atoms with E-state index in [0.717, 1.165) is 18.6 Å². The minimum atomic E-state index is 0.690. The summed E-state index contributed by atoms with van der Waals surface area (Å²) in [6.07, 6.45) is 12.0. The molecule has 13 heavy (non-hydrogen) atoms. The summed E-state index contributed by atoms with van der Waals surface area (Å²) in [5, 5.41) is 0. The second-order valence-electron chi connectivity index (χ2n) is 4.12. The maximum absolute atomic E-state index is 10.2. The van der Waals surface area contributed by atoms with Gasteiger partial charge in [0.05, 0.1) is 0 Å². The highest BCUT2D eigenvalue weighted by Crippen LogP contribution is 2.26. The van der Waals surface area contributed by atoms with Crippen LogP contribution in [0.25, 0.3) is 0 Å². The van der Waals surface area contributed by atoms with Crippen LogP contribution < -0.4 is 0 Å². The molecule has 0 aromatic carbocycles. The lowest BCUT2D eigenvalue weighted by Crippen LogP contribution is -2.03. The molecule has 1 heteroatoms. The number of allylic oxidation sites excluding steroid dienone is 2. The smallest absolute Gasteiger partial charge is 0.120 e. The Hall–Kier alpha value is -0.590. The molecular formula is C12H20O. The lowest BCUT2D eigenvalue weighted by atomic mass is 9.87. The van der Waals surface area contributed by atoms with Gasteiger partial charge < -0.3 is 4.79 Å². The predicted molar refractivity (Wildman–Crippen MR) is 55.6 cm³/mol. The van der Waals surface area contributed by atoms with E-state index in [9.17, 15) is 4.79 Å². The number of hydrogen-bond donors (Lipinski definition) is 0. The topological polar surface area (TPSA) is 17.1 Å². The van der Waals surface area contributed by atoms with Gasteiger partial charge in [0, 0.05) is 6.42 Å². The fraction of sp³-hybridized carbons (Fsp3) is 0.750. The van der Waals surface area contributed by atoms with E-state index in [1.54, 1.807) is 0 Å². The maximum Gasteiger partial charge on any atom is 0.120 e. The Bertz CT molecular complexity index is 176. The third-order valence-electron chi connectivity index (χ3n) is 2.83. The van der Waals surface area contributed by atoms with Crippen LogP contribution >= 0.6 is 0 Å². The van der Waals surface area contributed by atoms with Crippen LogP contribution in [0, 0.1) is 5.92 Å². The fourth-order valence-corrected chi connectivity index (χ4v) is 2.07. The largest absolute Gasteiger partial charge is 0.303 e. The van der Waals surface area contributed by atoms with Gasteiger partial charge in [-0.05, 0) is 32.1 Å². The zero-order valence-corrected chi connectivity index (χ0v) is 8.59. The minimum absolute atomic E-state index is 0.690. The number of carbonyl (C=O) groups is 1. The summed E-state index contributed by atoms with van der Waals surface area (Å²) in [5.41, 5.74) is 1.40. The average molecular weight is 180 g/mol. The summed E-state index contributed by atoms with van der Waals surface area (Å²) < 4.78 is 0. The summed E-state index contributed by atoms with van der Waals surface area (Å²) in [6.45, 7) is 2.15. The van der Waals surface area contributed by atoms with E-state index in [1.165, 1.54) is 37.7 Å². The van der Waals surface area contributed by atoms with E-state index < -0.39 is 0 Å². The van der Waals surface area contributed by atoms with Crippen LogP contribution in [0.4, 0.5) is 0 Å². The number of rotatable bonds is 4. The molecule has 0 saturated heterocycles. The van der Waals surface area contributed by atoms with E-state index in [-0.39, 0.29) is 0 Å². The van der Waals surface area contributed by atoms with Crippen LogP contribution in [0.1, 0.15) is 51.9 Å². The first-order valence-electron chi connectivity index (χ1n) is 5.44. The van der Waals surface area contributed by atoms with Gasteiger partial charge in [-0.15, -0.1) is 0 Å². The van der Waals surface area contributed by atoms with Gasteiger partial charge in [-0.25, -0.2) is 0 Å². The van der Waals surface area contributed by atoms with Gasteiger partial charge in [0.2, 0.25) is 0 Å². The lowest BCUT2D eigenvalue weighted by Gasteiger charge is -2.18. The summed E-state index contributed by atoms with van der Waals surface area (Å²) in [7, 11) is 0. The van der Waals surface area contributed by atoms with Crippen molar-refractivity contribution in [2.24, 2.45) is 5.92 Å². The predicted octanol–water partition coefficient (Wildman–Crippen LogP) is 3.49. The molecule has 0 bridgehead atoms. The maximum atomic E-state index is 10.2. The molecule has 74 valence electrons. The van der Waals surface area contributed by atoms with Crippen molar-refractivity contribution in [3.8, 4) is 0 Å². The molecule has 1 rings (SSSR count). The molecular weight excluding hydrogens is 160 g/mol. The van der Waals surface area contributed by atoms with Gasteiger partial charge >= 0.3 is 0 Å². The summed E-state index contributed by atoms with van der Waals surface area (Å²) in [5.74, 6) is 0.806. The van der Waals surface area contributed by atoms with Crippen LogP contribution in [-0.2, 0) is 4.79 Å². The Morgan fingerprint density at radius 2 is 2.00 bits per heavy atom. The van der Waals surface area contributed by atoms with Gasteiger partial charge in [0.1, 0.15) is 6.29 Å². The molecule has 0 amide bonds. The SMILES string of the molecule is C/C(=C/C1CCCCC1)CCC=O. The van der Waals surface area contributed by atoms with Gasteiger partial charge in [-0.1, -0.05) is 30.9 Å². The third kappa shape index (κ3) is 4.25. The van der Waals surface area contributed by atoms with Crippen LogP contribution in [-0.4, -0.2) is 6.29 Å². The Balaban J connectivity index is 2.29. The fourth-order valence-electron chi connectivity index (χ4n) is 2.07. The molecule has 1 fully saturated rings. The van der Waals surface area contributed by atoms with Crippen LogP contribution in [0.3, 0.4) is 0 Å². The Kier molecular flexibility index (Phi) is 4.81. The van der Waals surface area contributed by atoms with Crippen molar-refractivity contribution in [3.05, 3.63) is 11.6 Å². The standard InChI is InChI=1S/C12H20O/c1-11(6-5-9-13)10-12-7-3-2-4-8-12/h9-10,12H,2-8H2,1H3/b11-10-. The van der Waals surface area contributed by atoms with Crippen molar-refractivity contribution in [2.75, 3.05) is 0 Å². The van der Waals surface area contributed by atoms with E-state index in [1.807, 2.05) is 0 Å². The molecule has 0 aromatic heterocycles. The molecule has 0 aliphatic heterocycles.